The molecule has 4 aromatic rings. The molecule has 0 aliphatic heterocycles. The molecule has 1 aromatic heterocycles. The second-order valence-electron chi connectivity index (χ2n) is 4.56. The molecule has 0 bridgehead atoms. The monoisotopic (exact) mass is 340 g/mol. The van der Waals surface area contributed by atoms with Gasteiger partial charge in [0.05, 0.1) is 0 Å². The summed E-state index contributed by atoms with van der Waals surface area (Å²) in [5.41, 5.74) is 1.14. The van der Waals surface area contributed by atoms with E-state index in [4.69, 9.17) is 0 Å². The van der Waals surface area contributed by atoms with Gasteiger partial charge in [-0.05, 0) is 49.0 Å². The van der Waals surface area contributed by atoms with Crippen LogP contribution in [0.2, 0.25) is 0 Å². The fourth-order valence-electron chi connectivity index (χ4n) is 2.55. The molecule has 4 heteroatoms. The van der Waals surface area contributed by atoms with Crippen LogP contribution in [0, 0.1) is 0 Å². The summed E-state index contributed by atoms with van der Waals surface area (Å²) in [6.07, 6.45) is 0. The Balaban J connectivity index is 2.18. The molecule has 3 aromatic carbocycles. The van der Waals surface area contributed by atoms with Crippen molar-refractivity contribution in [3.8, 4) is 10.6 Å². The number of benzene rings is 3. The Bertz CT molecular complexity index is 930. The van der Waals surface area contributed by atoms with Crippen LogP contribution in [0.5, 0.6) is 0 Å². The number of nitrogens with zero attached hydrogens (tertiary/aromatic N) is 2. The summed E-state index contributed by atoms with van der Waals surface area (Å²) in [5.74, 6) is 0. The second kappa shape index (κ2) is 4.65. The van der Waals surface area contributed by atoms with E-state index in [1.54, 1.807) is 0 Å². The Morgan fingerprint density at radius 2 is 1.65 bits per heavy atom. The highest BCUT2D eigenvalue weighted by Crippen LogP contribution is 2.35. The number of aromatic nitrogens is 2. The topological polar surface area (TPSA) is 25.8 Å². The van der Waals surface area contributed by atoms with Crippen molar-refractivity contribution in [2.45, 2.75) is 0 Å². The van der Waals surface area contributed by atoms with Gasteiger partial charge in [0.1, 0.15) is 5.01 Å². The van der Waals surface area contributed by atoms with Crippen LogP contribution in [0.4, 0.5) is 0 Å². The number of rotatable bonds is 1. The van der Waals surface area contributed by atoms with Crippen LogP contribution in [0.1, 0.15) is 0 Å². The maximum Gasteiger partial charge on any atom is 0.209 e. The van der Waals surface area contributed by atoms with Crippen molar-refractivity contribution in [2.24, 2.45) is 0 Å². The van der Waals surface area contributed by atoms with Gasteiger partial charge in [-0.25, -0.2) is 4.98 Å². The first-order valence-corrected chi connectivity index (χ1v) is 7.79. The lowest BCUT2D eigenvalue weighted by molar-refractivity contribution is 1.26. The molecule has 0 aliphatic rings. The first-order chi connectivity index (χ1) is 9.83. The lowest BCUT2D eigenvalue weighted by Crippen LogP contribution is -1.83. The van der Waals surface area contributed by atoms with Gasteiger partial charge in [-0.15, -0.1) is 0 Å². The Morgan fingerprint density at radius 3 is 2.50 bits per heavy atom. The van der Waals surface area contributed by atoms with E-state index in [-0.39, 0.29) is 0 Å². The van der Waals surface area contributed by atoms with E-state index in [0.717, 1.165) is 10.6 Å². The van der Waals surface area contributed by atoms with Crippen molar-refractivity contribution >= 4 is 49.0 Å². The second-order valence-corrected chi connectivity index (χ2v) is 6.02. The van der Waals surface area contributed by atoms with Gasteiger partial charge >= 0.3 is 0 Å². The predicted molar refractivity (Wildman–Crippen MR) is 88.1 cm³/mol. The van der Waals surface area contributed by atoms with Gasteiger partial charge < -0.3 is 0 Å². The number of halogens is 1. The van der Waals surface area contributed by atoms with E-state index in [1.165, 1.54) is 33.1 Å². The van der Waals surface area contributed by atoms with Crippen LogP contribution in [0.3, 0.4) is 0 Å². The van der Waals surface area contributed by atoms with Crippen LogP contribution < -0.4 is 0 Å². The van der Waals surface area contributed by atoms with Crippen LogP contribution in [0.15, 0.2) is 59.3 Å². The maximum absolute atomic E-state index is 4.46. The molecule has 2 nitrogen and oxygen atoms in total. The van der Waals surface area contributed by atoms with E-state index >= 15 is 0 Å². The highest BCUT2D eigenvalue weighted by atomic mass is 79.9. The Hall–Kier alpha value is -1.78. The molecule has 20 heavy (non-hydrogen) atoms. The number of hydrogen-bond acceptors (Lipinski definition) is 3. The van der Waals surface area contributed by atoms with Crippen molar-refractivity contribution in [2.75, 3.05) is 0 Å². The largest absolute Gasteiger partial charge is 0.209 e. The zero-order valence-corrected chi connectivity index (χ0v) is 12.8. The van der Waals surface area contributed by atoms with E-state index in [9.17, 15) is 0 Å². The lowest BCUT2D eigenvalue weighted by atomic mass is 9.98. The molecule has 4 rings (SSSR count). The predicted octanol–water partition coefficient (Wildman–Crippen LogP) is 5.27. The molecule has 0 fully saturated rings. The maximum atomic E-state index is 4.46. The van der Waals surface area contributed by atoms with Gasteiger partial charge in [-0.2, -0.15) is 4.37 Å². The molecule has 0 saturated carbocycles. The zero-order chi connectivity index (χ0) is 13.5. The molecule has 0 unspecified atom stereocenters. The Labute approximate surface area is 128 Å². The quantitative estimate of drug-likeness (QED) is 0.441. The SMILES string of the molecule is Brc1nsc(-c2cccc3ccc4ccccc4c23)n1. The molecule has 0 saturated heterocycles. The van der Waals surface area contributed by atoms with E-state index in [0.29, 0.717) is 4.73 Å². The molecule has 96 valence electrons. The first kappa shape index (κ1) is 12.0. The van der Waals surface area contributed by atoms with Crippen LogP contribution in [-0.2, 0) is 0 Å². The molecular weight excluding hydrogens is 332 g/mol. The molecule has 0 N–H and O–H groups in total. The van der Waals surface area contributed by atoms with E-state index in [2.05, 4.69) is 79.9 Å². The molecule has 0 spiro atoms. The molecular formula is C16H9BrN2S. The van der Waals surface area contributed by atoms with Crippen molar-refractivity contribution in [1.29, 1.82) is 0 Å². The van der Waals surface area contributed by atoms with Gasteiger partial charge in [-0.1, -0.05) is 54.6 Å². The van der Waals surface area contributed by atoms with Gasteiger partial charge in [0.2, 0.25) is 4.73 Å². The minimum Gasteiger partial charge on any atom is -0.209 e. The average Bonchev–Trinajstić information content (AvgIpc) is 2.93. The standard InChI is InChI=1S/C16H9BrN2S/c17-16-18-15(20-19-16)13-7-3-5-11-9-8-10-4-1-2-6-12(10)14(11)13/h1-9H. The van der Waals surface area contributed by atoms with Gasteiger partial charge in [0.15, 0.2) is 0 Å². The molecule has 0 amide bonds. The van der Waals surface area contributed by atoms with Gasteiger partial charge in [-0.3, -0.25) is 0 Å². The first-order valence-electron chi connectivity index (χ1n) is 6.23. The summed E-state index contributed by atoms with van der Waals surface area (Å²) >= 11 is 4.75. The fourth-order valence-corrected chi connectivity index (χ4v) is 3.66. The third-order valence-corrected chi connectivity index (χ3v) is 4.74. The number of fused-ring (bicyclic) bond motifs is 3. The normalized spacial score (nSPS) is 11.2. The fraction of sp³-hybridized carbons (Fsp3) is 0. The molecule has 0 aliphatic carbocycles. The molecule has 0 radical (unpaired) electrons. The van der Waals surface area contributed by atoms with Crippen molar-refractivity contribution in [1.82, 2.24) is 9.36 Å². The van der Waals surface area contributed by atoms with Gasteiger partial charge in [0, 0.05) is 5.56 Å². The van der Waals surface area contributed by atoms with Crippen molar-refractivity contribution in [3.63, 3.8) is 0 Å². The zero-order valence-electron chi connectivity index (χ0n) is 10.4. The Morgan fingerprint density at radius 1 is 0.850 bits per heavy atom. The van der Waals surface area contributed by atoms with Crippen LogP contribution in [-0.4, -0.2) is 9.36 Å². The summed E-state index contributed by atoms with van der Waals surface area (Å²) in [6, 6.07) is 19.1. The highest BCUT2D eigenvalue weighted by Gasteiger charge is 2.11. The molecule has 0 atom stereocenters. The molecule has 1 heterocycles. The Kier molecular flexibility index (Phi) is 2.79. The van der Waals surface area contributed by atoms with E-state index in [1.807, 2.05) is 0 Å². The summed E-state index contributed by atoms with van der Waals surface area (Å²) in [5, 5.41) is 5.92. The lowest BCUT2D eigenvalue weighted by Gasteiger charge is -2.07. The van der Waals surface area contributed by atoms with Crippen molar-refractivity contribution < 1.29 is 0 Å². The smallest absolute Gasteiger partial charge is 0.209 e. The van der Waals surface area contributed by atoms with Crippen LogP contribution >= 0.6 is 27.5 Å². The third kappa shape index (κ3) is 1.84. The van der Waals surface area contributed by atoms with Crippen molar-refractivity contribution in [3.05, 3.63) is 59.3 Å². The minimum atomic E-state index is 0.648. The average molecular weight is 341 g/mol. The number of hydrogen-bond donors (Lipinski definition) is 0. The third-order valence-electron chi connectivity index (χ3n) is 3.40. The highest BCUT2D eigenvalue weighted by molar-refractivity contribution is 9.10. The van der Waals surface area contributed by atoms with E-state index < -0.39 is 0 Å². The summed E-state index contributed by atoms with van der Waals surface area (Å²) < 4.78 is 4.88. The minimum absolute atomic E-state index is 0.648. The summed E-state index contributed by atoms with van der Waals surface area (Å²) in [4.78, 5) is 4.46. The summed E-state index contributed by atoms with van der Waals surface area (Å²) in [7, 11) is 0. The van der Waals surface area contributed by atoms with Crippen LogP contribution in [0.25, 0.3) is 32.1 Å². The van der Waals surface area contributed by atoms with Gasteiger partial charge in [0.25, 0.3) is 0 Å². The summed E-state index contributed by atoms with van der Waals surface area (Å²) in [6.45, 7) is 0.